The third-order valence-electron chi connectivity index (χ3n) is 12.0. The van der Waals surface area contributed by atoms with Gasteiger partial charge in [0, 0.05) is 42.1 Å². The van der Waals surface area contributed by atoms with Crippen molar-refractivity contribution in [2.75, 3.05) is 25.0 Å². The second kappa shape index (κ2) is 15.9. The first-order chi connectivity index (χ1) is 25.1. The minimum atomic E-state index is -3.95. The first-order valence-corrected chi connectivity index (χ1v) is 20.7. The Bertz CT molecular complexity index is 1770. The second-order valence-electron chi connectivity index (χ2n) is 16.6. The molecule has 2 saturated heterocycles. The molecule has 1 aromatic heterocycles. The quantitative estimate of drug-likeness (QED) is 0.242. The molecule has 53 heavy (non-hydrogen) atoms. The number of halogens is 1. The van der Waals surface area contributed by atoms with Gasteiger partial charge in [-0.05, 0) is 92.4 Å². The number of fused-ring (bicyclic) bond motifs is 1. The summed E-state index contributed by atoms with van der Waals surface area (Å²) < 4.78 is 49.5. The molecule has 2 aromatic rings. The maximum atomic E-state index is 15.5. The lowest BCUT2D eigenvalue weighted by Gasteiger charge is -2.39. The first-order valence-electron chi connectivity index (χ1n) is 19.3. The van der Waals surface area contributed by atoms with Gasteiger partial charge in [-0.25, -0.2) is 13.9 Å². The van der Waals surface area contributed by atoms with Gasteiger partial charge in [0.1, 0.15) is 24.0 Å². The van der Waals surface area contributed by atoms with Crippen molar-refractivity contribution in [3.8, 4) is 0 Å². The van der Waals surface area contributed by atoms with Crippen LogP contribution < -0.4 is 15.8 Å². The van der Waals surface area contributed by atoms with E-state index in [1.165, 1.54) is 10.7 Å². The fourth-order valence-electron chi connectivity index (χ4n) is 9.12. The molecule has 15 heteroatoms. The zero-order valence-electron chi connectivity index (χ0n) is 31.1. The number of aromatic nitrogens is 1. The smallest absolute Gasteiger partial charge is 0.404 e. The molecular weight excluding hydrogens is 704 g/mol. The number of H-pyrrole nitrogens is 1. The Balaban J connectivity index is 1.15. The molecule has 292 valence electrons. The molecule has 0 spiro atoms. The summed E-state index contributed by atoms with van der Waals surface area (Å²) in [6.07, 6.45) is 6.24. The van der Waals surface area contributed by atoms with Gasteiger partial charge in [-0.2, -0.15) is 12.7 Å². The van der Waals surface area contributed by atoms with E-state index in [-0.39, 0.29) is 35.3 Å². The summed E-state index contributed by atoms with van der Waals surface area (Å²) in [4.78, 5) is 57.8. The highest BCUT2D eigenvalue weighted by molar-refractivity contribution is 7.87. The Labute approximate surface area is 311 Å². The highest BCUT2D eigenvalue weighted by atomic mass is 32.2. The van der Waals surface area contributed by atoms with Crippen molar-refractivity contribution in [3.05, 3.63) is 30.0 Å². The fourth-order valence-corrected chi connectivity index (χ4v) is 10.3. The third kappa shape index (κ3) is 8.82. The SMILES string of the molecule is CC(C)(C)C(F)[C@@H](OC(N)=O)C1CCC(C(=O)N2CC[C@@H](C3CCCCC3)[C@H]2C(=O)Nc2ccc3[nH]c(C(=O)NS(=O)(=O)N4CCCC4)cc3c2)CC1. The van der Waals surface area contributed by atoms with Gasteiger partial charge in [0.15, 0.2) is 0 Å². The Kier molecular flexibility index (Phi) is 11.7. The second-order valence-corrected chi connectivity index (χ2v) is 18.3. The molecule has 2 aliphatic heterocycles. The summed E-state index contributed by atoms with van der Waals surface area (Å²) in [5, 5.41) is 3.68. The summed E-state index contributed by atoms with van der Waals surface area (Å²) in [6.45, 7) is 6.49. The zero-order chi connectivity index (χ0) is 38.1. The largest absolute Gasteiger partial charge is 0.443 e. The molecule has 1 aromatic carbocycles. The van der Waals surface area contributed by atoms with Gasteiger partial charge in [0.25, 0.3) is 5.91 Å². The number of nitrogens with one attached hydrogen (secondary N) is 3. The molecule has 4 aliphatic rings. The molecule has 5 N–H and O–H groups in total. The van der Waals surface area contributed by atoms with Crippen molar-refractivity contribution in [1.29, 1.82) is 0 Å². The summed E-state index contributed by atoms with van der Waals surface area (Å²) in [7, 11) is -3.95. The number of aromatic amines is 1. The standard InChI is InChI=1S/C38H55FN6O7S/c1-38(2,3)33(39)32(52-37(40)49)24-11-13-25(14-12-24)36(48)45-20-17-28(23-9-5-4-6-10-23)31(45)35(47)41-27-15-16-29-26(21-27)22-30(42-29)34(46)43-53(50,51)44-18-7-8-19-44/h15-16,21-25,28,31-33,42H,4-14,17-20H2,1-3H3,(H2,40,49)(H,41,47)(H,43,46)/t24?,25?,28-,31-,32-,33?/m0/s1. The topological polar surface area (TPSA) is 184 Å². The van der Waals surface area contributed by atoms with Crippen molar-refractivity contribution in [2.24, 2.45) is 34.8 Å². The Morgan fingerprint density at radius 1 is 0.925 bits per heavy atom. The van der Waals surface area contributed by atoms with E-state index in [4.69, 9.17) is 10.5 Å². The predicted octanol–water partition coefficient (Wildman–Crippen LogP) is 5.63. The van der Waals surface area contributed by atoms with Crippen LogP contribution in [0.15, 0.2) is 24.3 Å². The number of anilines is 1. The van der Waals surface area contributed by atoms with Crippen LogP contribution in [-0.2, 0) is 24.5 Å². The molecule has 1 unspecified atom stereocenters. The minimum absolute atomic E-state index is 0.0202. The summed E-state index contributed by atoms with van der Waals surface area (Å²) in [5.74, 6) is -1.33. The van der Waals surface area contributed by atoms with Gasteiger partial charge < -0.3 is 25.7 Å². The highest BCUT2D eigenvalue weighted by Gasteiger charge is 2.48. The van der Waals surface area contributed by atoms with E-state index in [2.05, 4.69) is 15.0 Å². The summed E-state index contributed by atoms with van der Waals surface area (Å²) in [6, 6.07) is 6.08. The van der Waals surface area contributed by atoms with Gasteiger partial charge in [-0.1, -0.05) is 52.9 Å². The van der Waals surface area contributed by atoms with Gasteiger partial charge in [-0.15, -0.1) is 0 Å². The van der Waals surface area contributed by atoms with E-state index in [0.29, 0.717) is 67.8 Å². The number of hydrogen-bond donors (Lipinski definition) is 4. The first kappa shape index (κ1) is 39.0. The van der Waals surface area contributed by atoms with Crippen LogP contribution in [0, 0.1) is 29.1 Å². The van der Waals surface area contributed by atoms with Crippen molar-refractivity contribution >= 4 is 50.6 Å². The Morgan fingerprint density at radius 2 is 1.60 bits per heavy atom. The predicted molar refractivity (Wildman–Crippen MR) is 199 cm³/mol. The molecule has 0 bridgehead atoms. The van der Waals surface area contributed by atoms with Crippen molar-refractivity contribution in [1.82, 2.24) is 18.9 Å². The maximum Gasteiger partial charge on any atom is 0.404 e. The molecule has 4 fully saturated rings. The molecule has 2 aliphatic carbocycles. The van der Waals surface area contributed by atoms with Gasteiger partial charge in [0.2, 0.25) is 11.8 Å². The van der Waals surface area contributed by atoms with Crippen LogP contribution >= 0.6 is 0 Å². The molecule has 2 saturated carbocycles. The summed E-state index contributed by atoms with van der Waals surface area (Å²) >= 11 is 0. The van der Waals surface area contributed by atoms with E-state index >= 15 is 4.39 Å². The van der Waals surface area contributed by atoms with Crippen LogP contribution in [0.3, 0.4) is 0 Å². The number of rotatable bonds is 10. The van der Waals surface area contributed by atoms with Crippen LogP contribution in [0.25, 0.3) is 10.9 Å². The van der Waals surface area contributed by atoms with E-state index in [9.17, 15) is 27.6 Å². The minimum Gasteiger partial charge on any atom is -0.443 e. The average Bonchev–Trinajstić information content (AvgIpc) is 3.90. The van der Waals surface area contributed by atoms with Crippen molar-refractivity contribution < 1.29 is 36.7 Å². The lowest BCUT2D eigenvalue weighted by atomic mass is 9.74. The van der Waals surface area contributed by atoms with E-state index in [0.717, 1.165) is 44.9 Å². The number of alkyl halides is 1. The number of nitrogens with two attached hydrogens (primary N) is 1. The lowest BCUT2D eigenvalue weighted by molar-refractivity contribution is -0.143. The van der Waals surface area contributed by atoms with E-state index in [1.54, 1.807) is 49.9 Å². The number of primary amides is 1. The van der Waals surface area contributed by atoms with Crippen LogP contribution in [0.4, 0.5) is 14.9 Å². The Morgan fingerprint density at radius 3 is 2.25 bits per heavy atom. The highest BCUT2D eigenvalue weighted by Crippen LogP contribution is 2.43. The van der Waals surface area contributed by atoms with Crippen LogP contribution in [0.2, 0.25) is 0 Å². The molecule has 3 heterocycles. The molecule has 0 radical (unpaired) electrons. The number of amides is 4. The Hall–Kier alpha value is -3.72. The molecule has 4 atom stereocenters. The number of benzene rings is 1. The lowest BCUT2D eigenvalue weighted by Crippen LogP contribution is -2.50. The molecular formula is C38H55FN6O7S. The molecule has 6 rings (SSSR count). The number of hydrogen-bond acceptors (Lipinski definition) is 7. The number of nitrogens with zero attached hydrogens (tertiary/aromatic N) is 2. The number of likely N-dealkylation sites (tertiary alicyclic amines) is 1. The van der Waals surface area contributed by atoms with Crippen LogP contribution in [0.1, 0.15) is 108 Å². The van der Waals surface area contributed by atoms with Gasteiger partial charge >= 0.3 is 16.3 Å². The van der Waals surface area contributed by atoms with Crippen molar-refractivity contribution in [2.45, 2.75) is 116 Å². The van der Waals surface area contributed by atoms with Crippen LogP contribution in [-0.4, -0.2) is 84.4 Å². The zero-order valence-corrected chi connectivity index (χ0v) is 31.9. The van der Waals surface area contributed by atoms with Gasteiger partial charge in [-0.3, -0.25) is 14.4 Å². The van der Waals surface area contributed by atoms with Crippen molar-refractivity contribution in [3.63, 3.8) is 0 Å². The number of carbonyl (C=O) groups is 4. The monoisotopic (exact) mass is 758 g/mol. The average molecular weight is 759 g/mol. The molecule has 4 amide bonds. The van der Waals surface area contributed by atoms with E-state index < -0.39 is 45.9 Å². The third-order valence-corrected chi connectivity index (χ3v) is 13.5. The fraction of sp³-hybridized carbons (Fsp3) is 0.684. The number of ether oxygens (including phenoxy) is 1. The van der Waals surface area contributed by atoms with Gasteiger partial charge in [0.05, 0.1) is 0 Å². The molecule has 13 nitrogen and oxygen atoms in total. The van der Waals surface area contributed by atoms with E-state index in [1.807, 2.05) is 0 Å². The number of carbonyl (C=O) groups excluding carboxylic acids is 4. The maximum absolute atomic E-state index is 15.5. The summed E-state index contributed by atoms with van der Waals surface area (Å²) in [5.41, 5.74) is 5.76. The normalized spacial score (nSPS) is 25.9. The van der Waals surface area contributed by atoms with Crippen LogP contribution in [0.5, 0.6) is 0 Å².